The van der Waals surface area contributed by atoms with Gasteiger partial charge in [0.2, 0.25) is 0 Å². The van der Waals surface area contributed by atoms with Gasteiger partial charge in [0.25, 0.3) is 11.8 Å². The van der Waals surface area contributed by atoms with Crippen LogP contribution in [0.1, 0.15) is 32.6 Å². The highest BCUT2D eigenvalue weighted by Crippen LogP contribution is 2.31. The number of piperazine rings is 1. The number of nitrogens with zero attached hydrogens (tertiary/aromatic N) is 2. The molecule has 6 nitrogen and oxygen atoms in total. The van der Waals surface area contributed by atoms with Gasteiger partial charge in [-0.3, -0.25) is 19.4 Å². The Bertz CT molecular complexity index is 497. The van der Waals surface area contributed by atoms with Crippen LogP contribution in [0.2, 0.25) is 0 Å². The van der Waals surface area contributed by atoms with E-state index in [1.165, 1.54) is 16.8 Å². The van der Waals surface area contributed by atoms with Gasteiger partial charge in [-0.05, 0) is 32.6 Å². The minimum atomic E-state index is -0.406. The molecule has 102 valence electrons. The molecule has 0 aromatic carbocycles. The number of Topliss-reactive ketones (excluding diaryl/α,β-unsaturated/α-hetero) is 1. The number of hydrogen-bond donors (Lipinski definition) is 1. The molecule has 0 spiro atoms. The third kappa shape index (κ3) is 1.78. The maximum absolute atomic E-state index is 12.5. The lowest BCUT2D eigenvalue weighted by atomic mass is 9.93. The lowest BCUT2D eigenvalue weighted by Crippen LogP contribution is -2.65. The largest absolute Gasteiger partial charge is 0.305 e. The molecule has 19 heavy (non-hydrogen) atoms. The molecular weight excluding hydrogens is 246 g/mol. The normalized spacial score (nSPS) is 27.3. The van der Waals surface area contributed by atoms with E-state index < -0.39 is 6.04 Å². The minimum absolute atomic E-state index is 0.0553. The van der Waals surface area contributed by atoms with Gasteiger partial charge in [0, 0.05) is 18.7 Å². The third-order valence-electron chi connectivity index (χ3n) is 4.01. The van der Waals surface area contributed by atoms with Crippen molar-refractivity contribution >= 4 is 17.6 Å². The Labute approximate surface area is 111 Å². The van der Waals surface area contributed by atoms with Crippen molar-refractivity contribution in [3.05, 3.63) is 11.3 Å². The van der Waals surface area contributed by atoms with Crippen LogP contribution < -0.4 is 5.43 Å². The van der Waals surface area contributed by atoms with Gasteiger partial charge in [0.1, 0.15) is 11.7 Å². The van der Waals surface area contributed by atoms with E-state index in [0.717, 1.165) is 12.8 Å². The van der Waals surface area contributed by atoms with Crippen molar-refractivity contribution in [3.8, 4) is 0 Å². The average Bonchev–Trinajstić information content (AvgIpc) is 2.44. The average molecular weight is 263 g/mol. The van der Waals surface area contributed by atoms with Crippen molar-refractivity contribution in [2.24, 2.45) is 0 Å². The molecule has 2 amide bonds. The molecule has 0 aromatic rings. The molecule has 3 rings (SSSR count). The van der Waals surface area contributed by atoms with E-state index in [2.05, 4.69) is 5.43 Å². The topological polar surface area (TPSA) is 69.7 Å². The van der Waals surface area contributed by atoms with Crippen molar-refractivity contribution in [1.29, 1.82) is 0 Å². The number of fused-ring (bicyclic) bond motifs is 2. The van der Waals surface area contributed by atoms with Gasteiger partial charge in [-0.1, -0.05) is 0 Å². The molecular formula is C13H17N3O3. The van der Waals surface area contributed by atoms with Gasteiger partial charge >= 0.3 is 0 Å². The first kappa shape index (κ1) is 12.3. The van der Waals surface area contributed by atoms with Gasteiger partial charge in [0.15, 0.2) is 5.78 Å². The number of rotatable bonds is 1. The van der Waals surface area contributed by atoms with Crippen molar-refractivity contribution in [3.63, 3.8) is 0 Å². The van der Waals surface area contributed by atoms with Crippen LogP contribution in [0.15, 0.2) is 11.3 Å². The van der Waals surface area contributed by atoms with Crippen LogP contribution in [0.4, 0.5) is 0 Å². The Kier molecular flexibility index (Phi) is 2.89. The Balaban J connectivity index is 2.07. The van der Waals surface area contributed by atoms with E-state index in [9.17, 15) is 14.4 Å². The Morgan fingerprint density at radius 2 is 2.11 bits per heavy atom. The number of ketones is 1. The van der Waals surface area contributed by atoms with Gasteiger partial charge in [-0.2, -0.15) is 0 Å². The highest BCUT2D eigenvalue weighted by molar-refractivity contribution is 6.10. The molecule has 0 bridgehead atoms. The first-order chi connectivity index (χ1) is 9.11. The fourth-order valence-electron chi connectivity index (χ4n) is 3.09. The van der Waals surface area contributed by atoms with Crippen molar-refractivity contribution in [2.45, 2.75) is 38.6 Å². The van der Waals surface area contributed by atoms with Crippen LogP contribution in [0.5, 0.6) is 0 Å². The Morgan fingerprint density at radius 1 is 1.32 bits per heavy atom. The summed E-state index contributed by atoms with van der Waals surface area (Å²) in [6.45, 7) is 2.69. The summed E-state index contributed by atoms with van der Waals surface area (Å²) in [5, 5.41) is 1.42. The van der Waals surface area contributed by atoms with Crippen molar-refractivity contribution < 1.29 is 14.4 Å². The number of carbonyl (C=O) groups is 3. The SMILES string of the molecule is CC(=O)C1=C2C(=O)N3NCCCC3C(=O)N2CCC1. The van der Waals surface area contributed by atoms with Crippen molar-refractivity contribution in [1.82, 2.24) is 15.3 Å². The van der Waals surface area contributed by atoms with Crippen LogP contribution in [0, 0.1) is 0 Å². The number of amides is 2. The maximum atomic E-state index is 12.5. The fourth-order valence-corrected chi connectivity index (χ4v) is 3.09. The predicted molar refractivity (Wildman–Crippen MR) is 66.5 cm³/mol. The number of hydrazine groups is 1. The number of hydrogen-bond acceptors (Lipinski definition) is 4. The molecule has 1 N–H and O–H groups in total. The zero-order valence-electron chi connectivity index (χ0n) is 10.9. The minimum Gasteiger partial charge on any atom is -0.305 e. The quantitative estimate of drug-likeness (QED) is 0.721. The maximum Gasteiger partial charge on any atom is 0.285 e. The van der Waals surface area contributed by atoms with E-state index in [-0.39, 0.29) is 17.6 Å². The molecule has 0 aliphatic carbocycles. The summed E-state index contributed by atoms with van der Waals surface area (Å²) in [4.78, 5) is 38.2. The summed E-state index contributed by atoms with van der Waals surface area (Å²) in [7, 11) is 0. The van der Waals surface area contributed by atoms with E-state index in [0.29, 0.717) is 37.2 Å². The van der Waals surface area contributed by atoms with Crippen LogP contribution >= 0.6 is 0 Å². The third-order valence-corrected chi connectivity index (χ3v) is 4.01. The highest BCUT2D eigenvalue weighted by atomic mass is 16.2. The summed E-state index contributed by atoms with van der Waals surface area (Å²) in [5.74, 6) is -0.397. The first-order valence-corrected chi connectivity index (χ1v) is 6.74. The molecule has 6 heteroatoms. The van der Waals surface area contributed by atoms with E-state index in [4.69, 9.17) is 0 Å². The predicted octanol–water partition coefficient (Wildman–Crippen LogP) is -0.0389. The molecule has 0 radical (unpaired) electrons. The summed E-state index contributed by atoms with van der Waals surface area (Å²) in [6, 6.07) is -0.406. The van der Waals surface area contributed by atoms with Crippen molar-refractivity contribution in [2.75, 3.05) is 13.1 Å². The van der Waals surface area contributed by atoms with Gasteiger partial charge < -0.3 is 4.90 Å². The summed E-state index contributed by atoms with van der Waals surface area (Å²) >= 11 is 0. The summed E-state index contributed by atoms with van der Waals surface area (Å²) in [5.41, 5.74) is 3.78. The summed E-state index contributed by atoms with van der Waals surface area (Å²) < 4.78 is 0. The van der Waals surface area contributed by atoms with Crippen LogP contribution in [0.25, 0.3) is 0 Å². The molecule has 0 aromatic heterocycles. The van der Waals surface area contributed by atoms with E-state index in [1.807, 2.05) is 0 Å². The second kappa shape index (κ2) is 4.45. The molecule has 3 aliphatic heterocycles. The van der Waals surface area contributed by atoms with Gasteiger partial charge in [-0.25, -0.2) is 5.43 Å². The first-order valence-electron chi connectivity index (χ1n) is 6.74. The number of allylic oxidation sites excluding steroid dienone is 1. The summed E-state index contributed by atoms with van der Waals surface area (Å²) in [6.07, 6.45) is 2.90. The number of carbonyl (C=O) groups excluding carboxylic acids is 3. The Morgan fingerprint density at radius 3 is 2.84 bits per heavy atom. The smallest absolute Gasteiger partial charge is 0.285 e. The second-order valence-corrected chi connectivity index (χ2v) is 5.22. The molecule has 1 atom stereocenters. The monoisotopic (exact) mass is 263 g/mol. The van der Waals surface area contributed by atoms with Crippen LogP contribution in [0.3, 0.4) is 0 Å². The van der Waals surface area contributed by atoms with Gasteiger partial charge in [0.05, 0.1) is 0 Å². The zero-order chi connectivity index (χ0) is 13.6. The lowest BCUT2D eigenvalue weighted by molar-refractivity contribution is -0.157. The zero-order valence-corrected chi connectivity index (χ0v) is 10.9. The van der Waals surface area contributed by atoms with E-state index in [1.54, 1.807) is 0 Å². The van der Waals surface area contributed by atoms with E-state index >= 15 is 0 Å². The molecule has 2 saturated heterocycles. The molecule has 3 aliphatic rings. The highest BCUT2D eigenvalue weighted by Gasteiger charge is 2.46. The second-order valence-electron chi connectivity index (χ2n) is 5.22. The molecule has 2 fully saturated rings. The Hall–Kier alpha value is -1.69. The fraction of sp³-hybridized carbons (Fsp3) is 0.615. The molecule has 1 unspecified atom stereocenters. The molecule has 3 heterocycles. The van der Waals surface area contributed by atoms with Crippen LogP contribution in [-0.4, -0.2) is 46.6 Å². The van der Waals surface area contributed by atoms with Crippen LogP contribution in [-0.2, 0) is 14.4 Å². The lowest BCUT2D eigenvalue weighted by Gasteiger charge is -2.45. The standard InChI is InChI=1S/C13H17N3O3/c1-8(17)9-4-3-7-15-11(9)13(19)16-10(12(15)18)5-2-6-14-16/h10,14H,2-7H2,1H3. The molecule has 0 saturated carbocycles. The number of nitrogens with one attached hydrogen (secondary N) is 1. The van der Waals surface area contributed by atoms with Gasteiger partial charge in [-0.15, -0.1) is 0 Å².